The van der Waals surface area contributed by atoms with Crippen LogP contribution in [0.25, 0.3) is 0 Å². The predicted molar refractivity (Wildman–Crippen MR) is 78.7 cm³/mol. The topological polar surface area (TPSA) is 89.3 Å². The quantitative estimate of drug-likeness (QED) is 0.633. The fourth-order valence-corrected chi connectivity index (χ4v) is 2.35. The maximum Gasteiger partial charge on any atom is 0.265 e. The number of amides is 1. The molecule has 0 atom stereocenters. The lowest BCUT2D eigenvalue weighted by Gasteiger charge is -2.04. The fourth-order valence-electron chi connectivity index (χ4n) is 1.40. The van der Waals surface area contributed by atoms with Gasteiger partial charge in [0.2, 0.25) is 0 Å². The molecule has 0 aliphatic rings. The molecule has 1 aromatic rings. The summed E-state index contributed by atoms with van der Waals surface area (Å²) in [4.78, 5) is 16.5. The summed E-state index contributed by atoms with van der Waals surface area (Å²) in [6.07, 6.45) is 0.787. The van der Waals surface area contributed by atoms with Gasteiger partial charge in [-0.3, -0.25) is 4.79 Å². The number of nitrogens with zero attached hydrogens (tertiary/aromatic N) is 1. The predicted octanol–water partition coefficient (Wildman–Crippen LogP) is 1.70. The van der Waals surface area contributed by atoms with Crippen molar-refractivity contribution in [1.29, 1.82) is 0 Å². The Morgan fingerprint density at radius 1 is 1.53 bits per heavy atom. The van der Waals surface area contributed by atoms with Crippen molar-refractivity contribution < 1.29 is 9.53 Å². The van der Waals surface area contributed by atoms with Crippen LogP contribution in [0, 0.1) is 0 Å². The van der Waals surface area contributed by atoms with E-state index in [0.717, 1.165) is 6.42 Å². The van der Waals surface area contributed by atoms with Crippen molar-refractivity contribution in [3.05, 3.63) is 4.88 Å². The normalized spacial score (nSPS) is 10.7. The van der Waals surface area contributed by atoms with E-state index >= 15 is 0 Å². The van der Waals surface area contributed by atoms with Gasteiger partial charge in [0.15, 0.2) is 5.13 Å². The Balaban J connectivity index is 2.45. The number of carbonyl (C=O) groups is 1. The molecule has 0 unspecified atom stereocenters. The molecule has 0 aliphatic heterocycles. The van der Waals surface area contributed by atoms with Gasteiger partial charge in [0.05, 0.1) is 0 Å². The Kier molecular flexibility index (Phi) is 6.58. The molecular weight excluding hydrogens is 264 g/mol. The summed E-state index contributed by atoms with van der Waals surface area (Å²) in [6.45, 7) is 7.87. The highest BCUT2D eigenvalue weighted by atomic mass is 32.1. The van der Waals surface area contributed by atoms with Gasteiger partial charge in [-0.05, 0) is 27.2 Å². The first-order valence-electron chi connectivity index (χ1n) is 6.43. The van der Waals surface area contributed by atoms with E-state index in [9.17, 15) is 4.79 Å². The first-order chi connectivity index (χ1) is 9.04. The Morgan fingerprint density at radius 2 is 2.26 bits per heavy atom. The van der Waals surface area contributed by atoms with E-state index in [4.69, 9.17) is 10.5 Å². The van der Waals surface area contributed by atoms with Crippen molar-refractivity contribution in [3.63, 3.8) is 0 Å². The molecule has 19 heavy (non-hydrogen) atoms. The molecule has 0 aliphatic carbocycles. The molecule has 0 radical (unpaired) electrons. The zero-order valence-corrected chi connectivity index (χ0v) is 12.5. The number of hydrogen-bond acceptors (Lipinski definition) is 6. The largest absolute Gasteiger partial charge is 0.382 e. The number of nitrogens with two attached hydrogens (primary N) is 1. The number of rotatable bonds is 8. The molecule has 1 amide bonds. The molecule has 0 bridgehead atoms. The molecule has 0 fully saturated rings. The van der Waals surface area contributed by atoms with E-state index in [1.807, 2.05) is 20.8 Å². The number of carbonyl (C=O) groups excluding carboxylic acids is 1. The highest BCUT2D eigenvalue weighted by Gasteiger charge is 2.15. The maximum absolute atomic E-state index is 11.9. The average molecular weight is 286 g/mol. The SMILES string of the molecule is CCOCCCNC(=O)c1sc(NC(C)C)nc1N. The zero-order chi connectivity index (χ0) is 14.3. The molecular formula is C12H22N4O2S. The van der Waals surface area contributed by atoms with Gasteiger partial charge in [-0.2, -0.15) is 0 Å². The first kappa shape index (κ1) is 15.7. The Hall–Kier alpha value is -1.34. The number of hydrogen-bond donors (Lipinski definition) is 3. The third kappa shape index (κ3) is 5.44. The molecule has 7 heteroatoms. The fraction of sp³-hybridized carbons (Fsp3) is 0.667. The summed E-state index contributed by atoms with van der Waals surface area (Å²) in [6, 6.07) is 0.257. The van der Waals surface area contributed by atoms with E-state index in [1.54, 1.807) is 0 Å². The molecule has 0 saturated carbocycles. The van der Waals surface area contributed by atoms with Crippen molar-refractivity contribution in [2.24, 2.45) is 0 Å². The van der Waals surface area contributed by atoms with Crippen LogP contribution in [-0.2, 0) is 4.74 Å². The van der Waals surface area contributed by atoms with Gasteiger partial charge < -0.3 is 21.1 Å². The standard InChI is InChI=1S/C12H22N4O2S/c1-4-18-7-5-6-14-11(17)9-10(13)16-12(19-9)15-8(2)3/h8H,4-7,13H2,1-3H3,(H,14,17)(H,15,16). The van der Waals surface area contributed by atoms with Gasteiger partial charge in [0.1, 0.15) is 10.7 Å². The van der Waals surface area contributed by atoms with E-state index in [2.05, 4.69) is 15.6 Å². The number of nitrogens with one attached hydrogen (secondary N) is 2. The van der Waals surface area contributed by atoms with E-state index in [0.29, 0.717) is 29.8 Å². The third-order valence-corrected chi connectivity index (χ3v) is 3.23. The highest BCUT2D eigenvalue weighted by molar-refractivity contribution is 7.18. The molecule has 0 aromatic carbocycles. The van der Waals surface area contributed by atoms with Gasteiger partial charge in [-0.1, -0.05) is 11.3 Å². The molecule has 4 N–H and O–H groups in total. The van der Waals surface area contributed by atoms with Crippen LogP contribution in [-0.4, -0.2) is 36.7 Å². The molecule has 1 heterocycles. The summed E-state index contributed by atoms with van der Waals surface area (Å²) >= 11 is 1.27. The molecule has 6 nitrogen and oxygen atoms in total. The number of aromatic nitrogens is 1. The van der Waals surface area contributed by atoms with Crippen molar-refractivity contribution in [2.45, 2.75) is 33.2 Å². The van der Waals surface area contributed by atoms with Gasteiger partial charge in [-0.15, -0.1) is 0 Å². The number of nitrogen functional groups attached to an aromatic ring is 1. The minimum absolute atomic E-state index is 0.177. The average Bonchev–Trinajstić information content (AvgIpc) is 2.68. The summed E-state index contributed by atoms with van der Waals surface area (Å²) in [5.41, 5.74) is 5.74. The van der Waals surface area contributed by atoms with E-state index < -0.39 is 0 Å². The third-order valence-electron chi connectivity index (χ3n) is 2.23. The minimum atomic E-state index is -0.177. The second-order valence-electron chi connectivity index (χ2n) is 4.34. The van der Waals surface area contributed by atoms with Crippen LogP contribution in [0.3, 0.4) is 0 Å². The lowest BCUT2D eigenvalue weighted by atomic mass is 10.4. The number of anilines is 2. The van der Waals surface area contributed by atoms with Crippen LogP contribution < -0.4 is 16.4 Å². The summed E-state index contributed by atoms with van der Waals surface area (Å²) in [5.74, 6) is 0.0961. The van der Waals surface area contributed by atoms with Gasteiger partial charge >= 0.3 is 0 Å². The molecule has 1 aromatic heterocycles. The van der Waals surface area contributed by atoms with Crippen LogP contribution in [0.15, 0.2) is 0 Å². The summed E-state index contributed by atoms with van der Waals surface area (Å²) < 4.78 is 5.20. The van der Waals surface area contributed by atoms with Crippen LogP contribution in [0.4, 0.5) is 10.9 Å². The van der Waals surface area contributed by atoms with Crippen molar-refractivity contribution in [1.82, 2.24) is 10.3 Å². The van der Waals surface area contributed by atoms with Gasteiger partial charge in [0.25, 0.3) is 5.91 Å². The Morgan fingerprint density at radius 3 is 2.89 bits per heavy atom. The second-order valence-corrected chi connectivity index (χ2v) is 5.34. The zero-order valence-electron chi connectivity index (χ0n) is 11.7. The van der Waals surface area contributed by atoms with Crippen LogP contribution in [0.2, 0.25) is 0 Å². The van der Waals surface area contributed by atoms with Gasteiger partial charge in [-0.25, -0.2) is 4.98 Å². The Bertz CT molecular complexity index is 406. The lowest BCUT2D eigenvalue weighted by Crippen LogP contribution is -2.25. The number of thiazole rings is 1. The minimum Gasteiger partial charge on any atom is -0.382 e. The Labute approximate surface area is 117 Å². The molecule has 0 saturated heterocycles. The van der Waals surface area contributed by atoms with Crippen molar-refractivity contribution in [3.8, 4) is 0 Å². The highest BCUT2D eigenvalue weighted by Crippen LogP contribution is 2.25. The van der Waals surface area contributed by atoms with Crippen LogP contribution in [0.1, 0.15) is 36.9 Å². The molecule has 1 rings (SSSR count). The van der Waals surface area contributed by atoms with Crippen molar-refractivity contribution in [2.75, 3.05) is 30.8 Å². The number of ether oxygens (including phenoxy) is 1. The second kappa shape index (κ2) is 7.96. The summed E-state index contributed by atoms with van der Waals surface area (Å²) in [5, 5.41) is 6.61. The smallest absolute Gasteiger partial charge is 0.265 e. The molecule has 0 spiro atoms. The maximum atomic E-state index is 11.9. The molecule has 108 valence electrons. The van der Waals surface area contributed by atoms with Gasteiger partial charge in [0, 0.05) is 25.8 Å². The summed E-state index contributed by atoms with van der Waals surface area (Å²) in [7, 11) is 0. The lowest BCUT2D eigenvalue weighted by molar-refractivity contribution is 0.0949. The van der Waals surface area contributed by atoms with Crippen molar-refractivity contribution >= 4 is 28.2 Å². The first-order valence-corrected chi connectivity index (χ1v) is 7.25. The van der Waals surface area contributed by atoms with Crippen LogP contribution in [0.5, 0.6) is 0 Å². The van der Waals surface area contributed by atoms with E-state index in [-0.39, 0.29) is 17.8 Å². The monoisotopic (exact) mass is 286 g/mol. The van der Waals surface area contributed by atoms with Crippen LogP contribution >= 0.6 is 11.3 Å². The van der Waals surface area contributed by atoms with E-state index in [1.165, 1.54) is 11.3 Å².